The first kappa shape index (κ1) is 16.7. The second kappa shape index (κ2) is 6.22. The maximum absolute atomic E-state index is 14.3. The van der Waals surface area contributed by atoms with Gasteiger partial charge in [0.2, 0.25) is 0 Å². The van der Waals surface area contributed by atoms with Crippen molar-refractivity contribution in [3.05, 3.63) is 35.6 Å². The Bertz CT molecular complexity index is 543. The van der Waals surface area contributed by atoms with Crippen molar-refractivity contribution < 1.29 is 23.8 Å². The first-order chi connectivity index (χ1) is 10.3. The highest BCUT2D eigenvalue weighted by Crippen LogP contribution is 2.37. The summed E-state index contributed by atoms with van der Waals surface area (Å²) >= 11 is 0. The number of benzene rings is 1. The zero-order valence-electron chi connectivity index (χ0n) is 13.1. The van der Waals surface area contributed by atoms with Gasteiger partial charge in [-0.15, -0.1) is 0 Å². The number of ether oxygens (including phenoxy) is 2. The lowest BCUT2D eigenvalue weighted by atomic mass is 9.80. The van der Waals surface area contributed by atoms with Crippen LogP contribution in [-0.2, 0) is 15.0 Å². The van der Waals surface area contributed by atoms with Crippen LogP contribution in [0.15, 0.2) is 24.3 Å². The van der Waals surface area contributed by atoms with Crippen molar-refractivity contribution in [1.82, 2.24) is 5.32 Å². The smallest absolute Gasteiger partial charge is 0.408 e. The topological polar surface area (TPSA) is 67.8 Å². The van der Waals surface area contributed by atoms with E-state index in [1.54, 1.807) is 39.0 Å². The molecule has 0 spiro atoms. The molecule has 1 aliphatic rings. The normalized spacial score (nSPS) is 25.0. The van der Waals surface area contributed by atoms with Crippen LogP contribution < -0.4 is 5.32 Å². The molecule has 122 valence electrons. The number of alkyl carbamates (subject to hydrolysis) is 1. The van der Waals surface area contributed by atoms with Crippen molar-refractivity contribution in [3.63, 3.8) is 0 Å². The van der Waals surface area contributed by atoms with Gasteiger partial charge in [-0.1, -0.05) is 18.2 Å². The highest BCUT2D eigenvalue weighted by atomic mass is 19.1. The molecule has 0 saturated carbocycles. The molecule has 0 radical (unpaired) electrons. The monoisotopic (exact) mass is 311 g/mol. The van der Waals surface area contributed by atoms with E-state index in [-0.39, 0.29) is 25.4 Å². The van der Waals surface area contributed by atoms with E-state index in [2.05, 4.69) is 5.32 Å². The molecule has 1 fully saturated rings. The van der Waals surface area contributed by atoms with Crippen LogP contribution >= 0.6 is 0 Å². The molecule has 1 saturated heterocycles. The standard InChI is InChI=1S/C16H22FNO4/c1-15(2,3)22-14(20)18-16(10-21-9-11(16)8-19)12-6-4-5-7-13(12)17/h4-7,11,19H,8-10H2,1-3H3,(H,18,20)/t11-,16-/m0/s1. The van der Waals surface area contributed by atoms with Crippen LogP contribution in [0.5, 0.6) is 0 Å². The summed E-state index contributed by atoms with van der Waals surface area (Å²) in [4.78, 5) is 12.2. The molecule has 1 heterocycles. The molecule has 1 aromatic rings. The first-order valence-electron chi connectivity index (χ1n) is 7.23. The van der Waals surface area contributed by atoms with E-state index in [0.717, 1.165) is 0 Å². The van der Waals surface area contributed by atoms with Crippen LogP contribution in [0, 0.1) is 11.7 Å². The van der Waals surface area contributed by atoms with Crippen molar-refractivity contribution in [2.45, 2.75) is 31.9 Å². The van der Waals surface area contributed by atoms with E-state index < -0.39 is 29.0 Å². The van der Waals surface area contributed by atoms with Crippen LogP contribution in [0.25, 0.3) is 0 Å². The zero-order valence-corrected chi connectivity index (χ0v) is 13.1. The molecule has 0 unspecified atom stereocenters. The molecule has 1 amide bonds. The molecule has 22 heavy (non-hydrogen) atoms. The fourth-order valence-electron chi connectivity index (χ4n) is 2.64. The van der Waals surface area contributed by atoms with E-state index in [0.29, 0.717) is 0 Å². The predicted molar refractivity (Wildman–Crippen MR) is 78.8 cm³/mol. The second-order valence-electron chi connectivity index (χ2n) is 6.47. The van der Waals surface area contributed by atoms with Gasteiger partial charge in [0.25, 0.3) is 0 Å². The van der Waals surface area contributed by atoms with Gasteiger partial charge in [0.1, 0.15) is 17.0 Å². The Kier molecular flexibility index (Phi) is 4.72. The summed E-state index contributed by atoms with van der Waals surface area (Å²) < 4.78 is 24.9. The average molecular weight is 311 g/mol. The van der Waals surface area contributed by atoms with Crippen molar-refractivity contribution in [3.8, 4) is 0 Å². The van der Waals surface area contributed by atoms with Crippen LogP contribution in [0.1, 0.15) is 26.3 Å². The van der Waals surface area contributed by atoms with Gasteiger partial charge in [-0.05, 0) is 26.8 Å². The van der Waals surface area contributed by atoms with Crippen molar-refractivity contribution in [1.29, 1.82) is 0 Å². The lowest BCUT2D eigenvalue weighted by Gasteiger charge is -2.35. The molecular weight excluding hydrogens is 289 g/mol. The first-order valence-corrected chi connectivity index (χ1v) is 7.23. The van der Waals surface area contributed by atoms with Crippen molar-refractivity contribution >= 4 is 6.09 Å². The zero-order chi connectivity index (χ0) is 16.4. The van der Waals surface area contributed by atoms with Gasteiger partial charge >= 0.3 is 6.09 Å². The largest absolute Gasteiger partial charge is 0.444 e. The molecule has 1 aromatic carbocycles. The summed E-state index contributed by atoms with van der Waals surface area (Å²) in [7, 11) is 0. The van der Waals surface area contributed by atoms with Gasteiger partial charge in [-0.3, -0.25) is 0 Å². The van der Waals surface area contributed by atoms with Gasteiger partial charge in [0, 0.05) is 11.5 Å². The minimum absolute atomic E-state index is 0.0817. The van der Waals surface area contributed by atoms with Crippen LogP contribution in [0.2, 0.25) is 0 Å². The van der Waals surface area contributed by atoms with Gasteiger partial charge in [0.15, 0.2) is 0 Å². The maximum Gasteiger partial charge on any atom is 0.408 e. The number of aliphatic hydroxyl groups is 1. The molecule has 1 aliphatic heterocycles. The maximum atomic E-state index is 14.3. The molecule has 0 bridgehead atoms. The third-order valence-electron chi connectivity index (χ3n) is 3.64. The van der Waals surface area contributed by atoms with E-state index in [4.69, 9.17) is 9.47 Å². The highest BCUT2D eigenvalue weighted by molar-refractivity contribution is 5.69. The van der Waals surface area contributed by atoms with Crippen molar-refractivity contribution in [2.75, 3.05) is 19.8 Å². The number of carbonyl (C=O) groups is 1. The summed E-state index contributed by atoms with van der Waals surface area (Å²) in [5.74, 6) is -0.903. The minimum atomic E-state index is -1.14. The van der Waals surface area contributed by atoms with Crippen molar-refractivity contribution in [2.24, 2.45) is 5.92 Å². The number of hydrogen-bond donors (Lipinski definition) is 2. The van der Waals surface area contributed by atoms with Crippen LogP contribution in [0.3, 0.4) is 0 Å². The number of amides is 1. The lowest BCUT2D eigenvalue weighted by molar-refractivity contribution is 0.0392. The van der Waals surface area contributed by atoms with E-state index in [9.17, 15) is 14.3 Å². The number of rotatable bonds is 3. The van der Waals surface area contributed by atoms with E-state index >= 15 is 0 Å². The molecule has 5 nitrogen and oxygen atoms in total. The summed E-state index contributed by atoms with van der Waals surface area (Å²) in [6, 6.07) is 6.16. The van der Waals surface area contributed by atoms with Gasteiger partial charge < -0.3 is 19.9 Å². The second-order valence-corrected chi connectivity index (χ2v) is 6.47. The quantitative estimate of drug-likeness (QED) is 0.898. The predicted octanol–water partition coefficient (Wildman–Crippen LogP) is 2.18. The third-order valence-corrected chi connectivity index (χ3v) is 3.64. The van der Waals surface area contributed by atoms with Crippen LogP contribution in [-0.4, -0.2) is 36.6 Å². The van der Waals surface area contributed by atoms with Gasteiger partial charge in [0.05, 0.1) is 19.8 Å². The Labute approximate surface area is 129 Å². The Morgan fingerprint density at radius 3 is 2.77 bits per heavy atom. The minimum Gasteiger partial charge on any atom is -0.444 e. The average Bonchev–Trinajstić information content (AvgIpc) is 2.80. The lowest BCUT2D eigenvalue weighted by Crippen LogP contribution is -2.53. The molecule has 2 N–H and O–H groups in total. The number of nitrogens with one attached hydrogen (secondary N) is 1. The van der Waals surface area contributed by atoms with Gasteiger partial charge in [-0.2, -0.15) is 0 Å². The van der Waals surface area contributed by atoms with E-state index in [1.165, 1.54) is 6.07 Å². The third kappa shape index (κ3) is 3.39. The Balaban J connectivity index is 2.36. The highest BCUT2D eigenvalue weighted by Gasteiger charge is 2.48. The fourth-order valence-corrected chi connectivity index (χ4v) is 2.64. The summed E-state index contributed by atoms with van der Waals surface area (Å²) in [5.41, 5.74) is -1.52. The molecular formula is C16H22FNO4. The van der Waals surface area contributed by atoms with E-state index in [1.807, 2.05) is 0 Å². The Hall–Kier alpha value is -1.66. The van der Waals surface area contributed by atoms with Crippen LogP contribution in [0.4, 0.5) is 9.18 Å². The SMILES string of the molecule is CC(C)(C)OC(=O)N[C@@]1(c2ccccc2F)COC[C@@H]1CO. The molecule has 2 atom stereocenters. The fraction of sp³-hybridized carbons (Fsp3) is 0.562. The molecule has 0 aromatic heterocycles. The Morgan fingerprint density at radius 1 is 1.50 bits per heavy atom. The summed E-state index contributed by atoms with van der Waals surface area (Å²) in [6.07, 6.45) is -0.667. The van der Waals surface area contributed by atoms with Gasteiger partial charge in [-0.25, -0.2) is 9.18 Å². The number of halogens is 1. The molecule has 6 heteroatoms. The molecule has 2 rings (SSSR count). The number of aliphatic hydroxyl groups excluding tert-OH is 1. The molecule has 0 aliphatic carbocycles. The summed E-state index contributed by atoms with van der Waals surface area (Å²) in [5, 5.41) is 12.3. The summed E-state index contributed by atoms with van der Waals surface area (Å²) in [6.45, 7) is 5.33. The number of hydrogen-bond acceptors (Lipinski definition) is 4. The Morgan fingerprint density at radius 2 is 2.18 bits per heavy atom. The number of carbonyl (C=O) groups excluding carboxylic acids is 1.